The van der Waals surface area contributed by atoms with Crippen molar-refractivity contribution in [1.82, 2.24) is 9.80 Å². The van der Waals surface area contributed by atoms with Crippen LogP contribution in [0.2, 0.25) is 0 Å². The first-order valence-electron chi connectivity index (χ1n) is 6.22. The van der Waals surface area contributed by atoms with E-state index in [2.05, 4.69) is 22.8 Å². The summed E-state index contributed by atoms with van der Waals surface area (Å²) in [5.41, 5.74) is 0. The third kappa shape index (κ3) is 3.09. The van der Waals surface area contributed by atoms with E-state index in [4.69, 9.17) is 9.68 Å². The fourth-order valence-electron chi connectivity index (χ4n) is 2.29. The fraction of sp³-hybridized carbons (Fsp3) is 0.615. The molecule has 1 aliphatic heterocycles. The minimum Gasteiger partial charge on any atom is -0.468 e. The van der Waals surface area contributed by atoms with Crippen molar-refractivity contribution in [2.75, 3.05) is 26.2 Å². The average Bonchev–Trinajstić information content (AvgIpc) is 2.86. The molecule has 0 aliphatic carbocycles. The minimum absolute atomic E-state index is 0.0840. The molecule has 0 saturated carbocycles. The van der Waals surface area contributed by atoms with Crippen LogP contribution < -0.4 is 0 Å². The zero-order chi connectivity index (χ0) is 12.1. The van der Waals surface area contributed by atoms with Gasteiger partial charge in [0.25, 0.3) is 0 Å². The molecular weight excluding hydrogens is 214 g/mol. The van der Waals surface area contributed by atoms with Crippen LogP contribution in [-0.2, 0) is 6.54 Å². The number of furan rings is 1. The normalized spacial score (nSPS) is 20.0. The quantitative estimate of drug-likeness (QED) is 0.794. The van der Waals surface area contributed by atoms with E-state index in [0.717, 1.165) is 44.9 Å². The average molecular weight is 233 g/mol. The molecule has 1 fully saturated rings. The summed E-state index contributed by atoms with van der Waals surface area (Å²) in [5.74, 6) is 1.02. The predicted molar refractivity (Wildman–Crippen MR) is 65.3 cm³/mol. The number of hydrogen-bond acceptors (Lipinski definition) is 4. The van der Waals surface area contributed by atoms with Crippen LogP contribution in [0.5, 0.6) is 0 Å². The first kappa shape index (κ1) is 12.2. The molecular formula is C13H19N3O. The Morgan fingerprint density at radius 1 is 1.41 bits per heavy atom. The zero-order valence-electron chi connectivity index (χ0n) is 10.3. The molecule has 1 aliphatic rings. The summed E-state index contributed by atoms with van der Waals surface area (Å²) in [5, 5.41) is 9.03. The lowest BCUT2D eigenvalue weighted by atomic mass is 10.2. The van der Waals surface area contributed by atoms with Gasteiger partial charge in [-0.3, -0.25) is 9.80 Å². The van der Waals surface area contributed by atoms with Gasteiger partial charge < -0.3 is 4.42 Å². The van der Waals surface area contributed by atoms with Crippen molar-refractivity contribution >= 4 is 0 Å². The van der Waals surface area contributed by atoms with Crippen LogP contribution in [-0.4, -0.2) is 42.0 Å². The van der Waals surface area contributed by atoms with Crippen molar-refractivity contribution in [3.05, 3.63) is 24.2 Å². The summed E-state index contributed by atoms with van der Waals surface area (Å²) in [6.07, 6.45) is 2.63. The maximum atomic E-state index is 9.03. The van der Waals surface area contributed by atoms with Crippen LogP contribution >= 0.6 is 0 Å². The Morgan fingerprint density at radius 2 is 2.18 bits per heavy atom. The number of piperazine rings is 1. The van der Waals surface area contributed by atoms with Crippen molar-refractivity contribution in [3.63, 3.8) is 0 Å². The first-order valence-corrected chi connectivity index (χ1v) is 6.22. The van der Waals surface area contributed by atoms with Gasteiger partial charge in [0.1, 0.15) is 5.76 Å². The fourth-order valence-corrected chi connectivity index (χ4v) is 2.29. The van der Waals surface area contributed by atoms with Gasteiger partial charge in [-0.1, -0.05) is 6.92 Å². The molecule has 0 N–H and O–H groups in total. The van der Waals surface area contributed by atoms with E-state index >= 15 is 0 Å². The van der Waals surface area contributed by atoms with Gasteiger partial charge in [0.15, 0.2) is 0 Å². The van der Waals surface area contributed by atoms with Gasteiger partial charge in [0.05, 0.1) is 24.9 Å². The monoisotopic (exact) mass is 233 g/mol. The van der Waals surface area contributed by atoms with Crippen LogP contribution in [0.1, 0.15) is 19.1 Å². The standard InChI is InChI=1S/C13H19N3O/c1-2-12(10-14)16-7-5-15(6-8-16)11-13-4-3-9-17-13/h3-4,9,12H,2,5-8,11H2,1H3. The molecule has 17 heavy (non-hydrogen) atoms. The second-order valence-electron chi connectivity index (χ2n) is 4.44. The summed E-state index contributed by atoms with van der Waals surface area (Å²) in [6, 6.07) is 6.39. The van der Waals surface area contributed by atoms with Gasteiger partial charge >= 0.3 is 0 Å². The number of rotatable bonds is 4. The lowest BCUT2D eigenvalue weighted by Crippen LogP contribution is -2.49. The number of nitriles is 1. The number of nitrogens with zero attached hydrogens (tertiary/aromatic N) is 3. The molecule has 1 unspecified atom stereocenters. The Bertz CT molecular complexity index is 361. The molecule has 1 aromatic rings. The Kier molecular flexibility index (Phi) is 4.18. The Morgan fingerprint density at radius 3 is 2.71 bits per heavy atom. The van der Waals surface area contributed by atoms with E-state index in [1.54, 1.807) is 6.26 Å². The third-order valence-electron chi connectivity index (χ3n) is 3.34. The molecule has 0 spiro atoms. The minimum atomic E-state index is 0.0840. The maximum Gasteiger partial charge on any atom is 0.117 e. The van der Waals surface area contributed by atoms with Gasteiger partial charge in [-0.25, -0.2) is 0 Å². The summed E-state index contributed by atoms with van der Waals surface area (Å²) < 4.78 is 5.35. The highest BCUT2D eigenvalue weighted by Crippen LogP contribution is 2.12. The maximum absolute atomic E-state index is 9.03. The molecule has 0 amide bonds. The summed E-state index contributed by atoms with van der Waals surface area (Å²) in [6.45, 7) is 6.94. The topological polar surface area (TPSA) is 43.4 Å². The second-order valence-corrected chi connectivity index (χ2v) is 4.44. The Hall–Kier alpha value is -1.31. The Labute approximate surface area is 102 Å². The van der Waals surface area contributed by atoms with Gasteiger partial charge in [-0.2, -0.15) is 5.26 Å². The summed E-state index contributed by atoms with van der Waals surface area (Å²) in [7, 11) is 0. The van der Waals surface area contributed by atoms with Crippen molar-refractivity contribution in [2.45, 2.75) is 25.9 Å². The lowest BCUT2D eigenvalue weighted by Gasteiger charge is -2.36. The largest absolute Gasteiger partial charge is 0.468 e. The van der Waals surface area contributed by atoms with Gasteiger partial charge in [0, 0.05) is 26.2 Å². The van der Waals surface area contributed by atoms with E-state index in [1.807, 2.05) is 12.1 Å². The zero-order valence-corrected chi connectivity index (χ0v) is 10.3. The van der Waals surface area contributed by atoms with Crippen LogP contribution in [0.3, 0.4) is 0 Å². The van der Waals surface area contributed by atoms with Crippen molar-refractivity contribution in [2.24, 2.45) is 0 Å². The molecule has 1 aromatic heterocycles. The van der Waals surface area contributed by atoms with Crippen LogP contribution in [0.25, 0.3) is 0 Å². The highest BCUT2D eigenvalue weighted by Gasteiger charge is 2.22. The van der Waals surface area contributed by atoms with Gasteiger partial charge in [-0.05, 0) is 18.6 Å². The first-order chi connectivity index (χ1) is 8.33. The van der Waals surface area contributed by atoms with Crippen LogP contribution in [0, 0.1) is 11.3 Å². The highest BCUT2D eigenvalue weighted by atomic mass is 16.3. The summed E-state index contributed by atoms with van der Waals surface area (Å²) in [4.78, 5) is 4.65. The molecule has 1 saturated heterocycles. The highest BCUT2D eigenvalue weighted by molar-refractivity contribution is 4.99. The van der Waals surface area contributed by atoms with E-state index < -0.39 is 0 Å². The van der Waals surface area contributed by atoms with E-state index in [1.165, 1.54) is 0 Å². The van der Waals surface area contributed by atoms with Crippen LogP contribution in [0.4, 0.5) is 0 Å². The van der Waals surface area contributed by atoms with E-state index in [-0.39, 0.29) is 6.04 Å². The smallest absolute Gasteiger partial charge is 0.117 e. The molecule has 2 heterocycles. The molecule has 92 valence electrons. The molecule has 0 radical (unpaired) electrons. The Balaban J connectivity index is 1.80. The van der Waals surface area contributed by atoms with Crippen LogP contribution in [0.15, 0.2) is 22.8 Å². The molecule has 0 bridgehead atoms. The van der Waals surface area contributed by atoms with Crippen molar-refractivity contribution in [1.29, 1.82) is 5.26 Å². The molecule has 4 heteroatoms. The third-order valence-corrected chi connectivity index (χ3v) is 3.34. The molecule has 1 atom stereocenters. The van der Waals surface area contributed by atoms with E-state index in [9.17, 15) is 0 Å². The van der Waals surface area contributed by atoms with E-state index in [0.29, 0.717) is 0 Å². The van der Waals surface area contributed by atoms with Gasteiger partial charge in [-0.15, -0.1) is 0 Å². The number of hydrogen-bond donors (Lipinski definition) is 0. The summed E-state index contributed by atoms with van der Waals surface area (Å²) >= 11 is 0. The van der Waals surface area contributed by atoms with Gasteiger partial charge in [0.2, 0.25) is 0 Å². The molecule has 4 nitrogen and oxygen atoms in total. The molecule has 0 aromatic carbocycles. The van der Waals surface area contributed by atoms with Crippen molar-refractivity contribution < 1.29 is 4.42 Å². The molecule has 2 rings (SSSR count). The lowest BCUT2D eigenvalue weighted by molar-refractivity contribution is 0.103. The SMILES string of the molecule is CCC(C#N)N1CCN(Cc2ccco2)CC1. The predicted octanol–water partition coefficient (Wildman–Crippen LogP) is 1.70. The van der Waals surface area contributed by atoms with Crippen molar-refractivity contribution in [3.8, 4) is 6.07 Å². The second kappa shape index (κ2) is 5.85.